The molecule has 2 atom stereocenters. The van der Waals surface area contributed by atoms with Gasteiger partial charge in [-0.1, -0.05) is 0 Å². The third-order valence-electron chi connectivity index (χ3n) is 4.52. The number of nitrogens with zero attached hydrogens (tertiary/aromatic N) is 1. The molecule has 0 aliphatic carbocycles. The largest absolute Gasteiger partial charge is 0.465 e. The fourth-order valence-corrected chi connectivity index (χ4v) is 3.19. The second kappa shape index (κ2) is 8.60. The molecule has 0 radical (unpaired) electrons. The Morgan fingerprint density at radius 1 is 1.11 bits per heavy atom. The first-order valence-corrected chi connectivity index (χ1v) is 9.13. The third kappa shape index (κ3) is 5.01. The van der Waals surface area contributed by atoms with E-state index in [1.807, 2.05) is 20.8 Å². The molecule has 1 heterocycles. The Kier molecular flexibility index (Phi) is 6.66. The van der Waals surface area contributed by atoms with Crippen molar-refractivity contribution in [3.05, 3.63) is 29.3 Å². The molecule has 0 spiro atoms. The standard InChI is InChI=1S/C20H28N2O6/c1-20(2,3)28-18(24)13-8-9-22(16(21)11-13)15-10-12(17(23)26-4)6-7-14(15)19(25)27-5/h6-7,10,13,16H,8-9,11,21H2,1-5H3. The Hall–Kier alpha value is -2.61. The average Bonchev–Trinajstić information content (AvgIpc) is 2.64. The van der Waals surface area contributed by atoms with Crippen LogP contribution in [0.4, 0.5) is 5.69 Å². The minimum absolute atomic E-state index is 0.279. The highest BCUT2D eigenvalue weighted by Crippen LogP contribution is 2.31. The first-order chi connectivity index (χ1) is 13.1. The maximum Gasteiger partial charge on any atom is 0.339 e. The van der Waals surface area contributed by atoms with Crippen LogP contribution in [0.1, 0.15) is 54.3 Å². The molecular formula is C20H28N2O6. The SMILES string of the molecule is COC(=O)c1ccc(C(=O)OC)c(N2CCC(C(=O)OC(C)(C)C)CC2N)c1. The van der Waals surface area contributed by atoms with E-state index >= 15 is 0 Å². The van der Waals surface area contributed by atoms with Gasteiger partial charge >= 0.3 is 17.9 Å². The summed E-state index contributed by atoms with van der Waals surface area (Å²) in [6.07, 6.45) is 0.367. The van der Waals surface area contributed by atoms with E-state index < -0.39 is 23.7 Å². The lowest BCUT2D eigenvalue weighted by Crippen LogP contribution is -2.50. The fourth-order valence-electron chi connectivity index (χ4n) is 3.19. The summed E-state index contributed by atoms with van der Waals surface area (Å²) < 4.78 is 15.1. The molecule has 1 aliphatic heterocycles. The molecule has 1 aliphatic rings. The summed E-state index contributed by atoms with van der Waals surface area (Å²) in [5.41, 5.74) is 6.83. The lowest BCUT2D eigenvalue weighted by Gasteiger charge is -2.39. The molecule has 0 bridgehead atoms. The van der Waals surface area contributed by atoms with Crippen LogP contribution in [0.15, 0.2) is 18.2 Å². The van der Waals surface area contributed by atoms with Crippen molar-refractivity contribution in [2.45, 2.75) is 45.4 Å². The smallest absolute Gasteiger partial charge is 0.339 e. The van der Waals surface area contributed by atoms with Crippen LogP contribution in [0.25, 0.3) is 0 Å². The molecule has 1 fully saturated rings. The monoisotopic (exact) mass is 392 g/mol. The van der Waals surface area contributed by atoms with E-state index in [9.17, 15) is 14.4 Å². The van der Waals surface area contributed by atoms with Crippen molar-refractivity contribution < 1.29 is 28.6 Å². The molecule has 2 rings (SSSR count). The van der Waals surface area contributed by atoms with Gasteiger partial charge in [-0.3, -0.25) is 4.79 Å². The molecule has 8 nitrogen and oxygen atoms in total. The number of esters is 3. The van der Waals surface area contributed by atoms with Crippen molar-refractivity contribution in [2.75, 3.05) is 25.7 Å². The lowest BCUT2D eigenvalue weighted by molar-refractivity contribution is -0.161. The second-order valence-corrected chi connectivity index (χ2v) is 7.73. The molecule has 1 aromatic carbocycles. The average molecular weight is 392 g/mol. The van der Waals surface area contributed by atoms with Crippen molar-refractivity contribution in [1.82, 2.24) is 0 Å². The first-order valence-electron chi connectivity index (χ1n) is 9.13. The number of ether oxygens (including phenoxy) is 3. The van der Waals surface area contributed by atoms with Crippen molar-refractivity contribution in [2.24, 2.45) is 11.7 Å². The van der Waals surface area contributed by atoms with Crippen LogP contribution in [-0.2, 0) is 19.0 Å². The predicted octanol–water partition coefficient (Wildman–Crippen LogP) is 2.10. The van der Waals surface area contributed by atoms with E-state index in [0.29, 0.717) is 36.2 Å². The van der Waals surface area contributed by atoms with Gasteiger partial charge in [0.25, 0.3) is 0 Å². The Morgan fingerprint density at radius 2 is 1.75 bits per heavy atom. The number of methoxy groups -OCH3 is 2. The molecule has 2 N–H and O–H groups in total. The second-order valence-electron chi connectivity index (χ2n) is 7.73. The zero-order valence-corrected chi connectivity index (χ0v) is 17.0. The minimum Gasteiger partial charge on any atom is -0.465 e. The van der Waals surface area contributed by atoms with Crippen molar-refractivity contribution in [3.8, 4) is 0 Å². The summed E-state index contributed by atoms with van der Waals surface area (Å²) in [5.74, 6) is -1.65. The Labute approximate surface area is 164 Å². The molecular weight excluding hydrogens is 364 g/mol. The normalized spacial score (nSPS) is 19.7. The van der Waals surface area contributed by atoms with E-state index in [1.165, 1.54) is 26.4 Å². The maximum absolute atomic E-state index is 12.4. The van der Waals surface area contributed by atoms with Crippen molar-refractivity contribution in [1.29, 1.82) is 0 Å². The number of hydrogen-bond donors (Lipinski definition) is 1. The quantitative estimate of drug-likeness (QED) is 0.613. The van der Waals surface area contributed by atoms with E-state index in [1.54, 1.807) is 11.0 Å². The molecule has 0 saturated carbocycles. The van der Waals surface area contributed by atoms with Crippen LogP contribution in [0.2, 0.25) is 0 Å². The van der Waals surface area contributed by atoms with Crippen LogP contribution in [0.3, 0.4) is 0 Å². The van der Waals surface area contributed by atoms with Gasteiger partial charge in [-0.05, 0) is 51.8 Å². The van der Waals surface area contributed by atoms with E-state index in [2.05, 4.69) is 0 Å². The number of nitrogens with two attached hydrogens (primary N) is 1. The Bertz CT molecular complexity index is 756. The molecule has 1 aromatic rings. The minimum atomic E-state index is -0.564. The molecule has 1 saturated heterocycles. The number of hydrogen-bond acceptors (Lipinski definition) is 8. The summed E-state index contributed by atoms with van der Waals surface area (Å²) in [4.78, 5) is 38.3. The van der Waals surface area contributed by atoms with E-state index in [-0.39, 0.29) is 11.9 Å². The van der Waals surface area contributed by atoms with E-state index in [4.69, 9.17) is 19.9 Å². The number of carbonyl (C=O) groups is 3. The van der Waals surface area contributed by atoms with E-state index in [0.717, 1.165) is 0 Å². The molecule has 8 heteroatoms. The van der Waals surface area contributed by atoms with Gasteiger partial charge < -0.3 is 24.8 Å². The molecule has 28 heavy (non-hydrogen) atoms. The van der Waals surface area contributed by atoms with Gasteiger partial charge in [0, 0.05) is 6.54 Å². The van der Waals surface area contributed by atoms with Gasteiger partial charge in [-0.15, -0.1) is 0 Å². The summed E-state index contributed by atoms with van der Waals surface area (Å²) in [7, 11) is 2.57. The van der Waals surface area contributed by atoms with Crippen LogP contribution >= 0.6 is 0 Å². The topological polar surface area (TPSA) is 108 Å². The third-order valence-corrected chi connectivity index (χ3v) is 4.52. The summed E-state index contributed by atoms with van der Waals surface area (Å²) >= 11 is 0. The zero-order valence-electron chi connectivity index (χ0n) is 17.0. The first kappa shape index (κ1) is 21.7. The number of anilines is 1. The highest BCUT2D eigenvalue weighted by Gasteiger charge is 2.34. The van der Waals surface area contributed by atoms with Gasteiger partial charge in [0.15, 0.2) is 0 Å². The zero-order chi connectivity index (χ0) is 21.1. The van der Waals surface area contributed by atoms with Gasteiger partial charge in [-0.2, -0.15) is 0 Å². The molecule has 154 valence electrons. The highest BCUT2D eigenvalue weighted by atomic mass is 16.6. The summed E-state index contributed by atoms with van der Waals surface area (Å²) in [6.45, 7) is 5.89. The summed E-state index contributed by atoms with van der Waals surface area (Å²) in [6, 6.07) is 4.58. The van der Waals surface area contributed by atoms with Crippen LogP contribution in [0.5, 0.6) is 0 Å². The maximum atomic E-state index is 12.4. The highest BCUT2D eigenvalue weighted by molar-refractivity contribution is 5.99. The Morgan fingerprint density at radius 3 is 2.29 bits per heavy atom. The molecule has 0 amide bonds. The van der Waals surface area contributed by atoms with Crippen LogP contribution in [0, 0.1) is 5.92 Å². The lowest BCUT2D eigenvalue weighted by atomic mass is 9.93. The van der Waals surface area contributed by atoms with Crippen molar-refractivity contribution >= 4 is 23.6 Å². The van der Waals surface area contributed by atoms with Gasteiger partial charge in [0.1, 0.15) is 5.60 Å². The molecule has 2 unspecified atom stereocenters. The van der Waals surface area contributed by atoms with Crippen LogP contribution in [-0.4, -0.2) is 50.4 Å². The fraction of sp³-hybridized carbons (Fsp3) is 0.550. The molecule has 0 aromatic heterocycles. The number of piperidine rings is 1. The summed E-state index contributed by atoms with van der Waals surface area (Å²) in [5, 5.41) is 0. The Balaban J connectivity index is 2.28. The predicted molar refractivity (Wildman–Crippen MR) is 103 cm³/mol. The van der Waals surface area contributed by atoms with Crippen molar-refractivity contribution in [3.63, 3.8) is 0 Å². The van der Waals surface area contributed by atoms with Gasteiger partial charge in [0.05, 0.1) is 43.1 Å². The van der Waals surface area contributed by atoms with Crippen LogP contribution < -0.4 is 10.6 Å². The van der Waals surface area contributed by atoms with Gasteiger partial charge in [0.2, 0.25) is 0 Å². The number of benzene rings is 1. The number of carbonyl (C=O) groups excluding carboxylic acids is 3. The number of rotatable bonds is 4. The van der Waals surface area contributed by atoms with Gasteiger partial charge in [-0.25, -0.2) is 9.59 Å².